The quantitative estimate of drug-likeness (QED) is 0.344. The van der Waals surface area contributed by atoms with E-state index < -0.39 is 0 Å². The molecule has 32 heavy (non-hydrogen) atoms. The third kappa shape index (κ3) is 6.11. The van der Waals surface area contributed by atoms with Crippen molar-refractivity contribution in [3.05, 3.63) is 51.6 Å². The summed E-state index contributed by atoms with van der Waals surface area (Å²) in [5, 5.41) is 0.732. The predicted octanol–water partition coefficient (Wildman–Crippen LogP) is 5.09. The normalized spacial score (nSPS) is 14.2. The first-order chi connectivity index (χ1) is 15.2. The summed E-state index contributed by atoms with van der Waals surface area (Å²) in [6.07, 6.45) is 0.884. The number of aromatic nitrogens is 1. The fraction of sp³-hybridized carbons (Fsp3) is 0.391. The molecule has 0 aliphatic carbocycles. The molecule has 1 aliphatic rings. The molecule has 1 amide bonds. The molecule has 1 saturated heterocycles. The van der Waals surface area contributed by atoms with Gasteiger partial charge in [0.05, 0.1) is 35.6 Å². The second-order valence-electron chi connectivity index (χ2n) is 7.30. The van der Waals surface area contributed by atoms with E-state index in [1.54, 1.807) is 0 Å². The molecule has 0 radical (unpaired) electrons. The highest BCUT2D eigenvalue weighted by atomic mass is 127. The minimum atomic E-state index is -0.00364. The average Bonchev–Trinajstić information content (AvgIpc) is 3.20. The third-order valence-electron chi connectivity index (χ3n) is 5.20. The van der Waals surface area contributed by atoms with Gasteiger partial charge in [0.2, 0.25) is 0 Å². The van der Waals surface area contributed by atoms with Gasteiger partial charge in [-0.1, -0.05) is 23.5 Å². The van der Waals surface area contributed by atoms with Crippen molar-refractivity contribution >= 4 is 67.6 Å². The van der Waals surface area contributed by atoms with Crippen LogP contribution in [0.1, 0.15) is 23.7 Å². The molecule has 2 heterocycles. The van der Waals surface area contributed by atoms with Gasteiger partial charge in [0.15, 0.2) is 5.13 Å². The summed E-state index contributed by atoms with van der Waals surface area (Å²) in [7, 11) is 0. The highest BCUT2D eigenvalue weighted by molar-refractivity contribution is 14.1. The van der Waals surface area contributed by atoms with Crippen LogP contribution in [-0.2, 0) is 4.74 Å². The zero-order valence-electron chi connectivity index (χ0n) is 18.0. The van der Waals surface area contributed by atoms with Gasteiger partial charge in [-0.15, -0.1) is 12.4 Å². The van der Waals surface area contributed by atoms with Crippen molar-refractivity contribution in [2.75, 3.05) is 50.9 Å². The number of thiazole rings is 1. The largest absolute Gasteiger partial charge is 0.494 e. The lowest BCUT2D eigenvalue weighted by Crippen LogP contribution is -2.39. The van der Waals surface area contributed by atoms with E-state index in [4.69, 9.17) is 14.5 Å². The highest BCUT2D eigenvalue weighted by Crippen LogP contribution is 2.32. The van der Waals surface area contributed by atoms with Crippen molar-refractivity contribution in [1.29, 1.82) is 0 Å². The Balaban J connectivity index is 0.00000289. The number of amides is 1. The molecule has 1 fully saturated rings. The zero-order chi connectivity index (χ0) is 21.6. The predicted molar refractivity (Wildman–Crippen MR) is 141 cm³/mol. The van der Waals surface area contributed by atoms with E-state index in [1.165, 1.54) is 11.3 Å². The molecule has 6 nitrogen and oxygen atoms in total. The van der Waals surface area contributed by atoms with Crippen LogP contribution in [0.2, 0.25) is 0 Å². The molecule has 0 unspecified atom stereocenters. The Morgan fingerprint density at radius 2 is 2.03 bits per heavy atom. The Morgan fingerprint density at radius 3 is 2.78 bits per heavy atom. The Morgan fingerprint density at radius 1 is 1.25 bits per heavy atom. The Hall–Kier alpha value is -1.46. The van der Waals surface area contributed by atoms with Gasteiger partial charge in [-0.2, -0.15) is 0 Å². The summed E-state index contributed by atoms with van der Waals surface area (Å²) in [5.41, 5.74) is 1.60. The molecular formula is C23H27ClIN3O3S. The van der Waals surface area contributed by atoms with E-state index in [-0.39, 0.29) is 18.3 Å². The van der Waals surface area contributed by atoms with Crippen molar-refractivity contribution in [3.8, 4) is 5.75 Å². The maximum atomic E-state index is 13.5. The minimum absolute atomic E-state index is 0. The fourth-order valence-electron chi connectivity index (χ4n) is 3.61. The first-order valence-electron chi connectivity index (χ1n) is 10.6. The molecule has 1 aromatic heterocycles. The first kappa shape index (κ1) is 25.2. The molecule has 2 aromatic carbocycles. The number of carbonyl (C=O) groups is 1. The molecule has 3 aromatic rings. The van der Waals surface area contributed by atoms with Gasteiger partial charge in [-0.05, 0) is 66.3 Å². The van der Waals surface area contributed by atoms with E-state index in [0.29, 0.717) is 18.7 Å². The maximum absolute atomic E-state index is 13.5. The van der Waals surface area contributed by atoms with E-state index in [9.17, 15) is 4.79 Å². The number of halogens is 2. The number of hydrogen-bond acceptors (Lipinski definition) is 6. The average molecular weight is 588 g/mol. The van der Waals surface area contributed by atoms with Crippen molar-refractivity contribution in [2.45, 2.75) is 13.3 Å². The lowest BCUT2D eigenvalue weighted by atomic mass is 10.2. The molecule has 0 bridgehead atoms. The highest BCUT2D eigenvalue weighted by Gasteiger charge is 2.23. The van der Waals surface area contributed by atoms with Gasteiger partial charge in [0.25, 0.3) is 5.91 Å². The number of carbonyl (C=O) groups excluding carboxylic acids is 1. The standard InChI is InChI=1S/C23H26IN3O3S.ClH/c1-2-30-17-8-9-20-21(16-17)31-23(25-20)27(11-5-10-26-12-14-29-15-13-26)22(28)18-6-3-4-7-19(18)24;/h3-4,6-9,16H,2,5,10-15H2,1H3;1H. The SMILES string of the molecule is CCOc1ccc2nc(N(CCCN3CCOCC3)C(=O)c3ccccc3I)sc2c1.Cl. The van der Waals surface area contributed by atoms with E-state index in [2.05, 4.69) is 27.5 Å². The fourth-order valence-corrected chi connectivity index (χ4v) is 5.24. The van der Waals surface area contributed by atoms with Crippen molar-refractivity contribution in [2.24, 2.45) is 0 Å². The summed E-state index contributed by atoms with van der Waals surface area (Å²) in [6.45, 7) is 7.62. The Bertz CT molecular complexity index is 1040. The van der Waals surface area contributed by atoms with Crippen LogP contribution in [0.3, 0.4) is 0 Å². The molecule has 0 saturated carbocycles. The minimum Gasteiger partial charge on any atom is -0.494 e. The van der Waals surface area contributed by atoms with Crippen LogP contribution >= 0.6 is 46.3 Å². The second kappa shape index (κ2) is 12.1. The molecule has 4 rings (SSSR count). The summed E-state index contributed by atoms with van der Waals surface area (Å²) in [4.78, 5) is 22.5. The van der Waals surface area contributed by atoms with Crippen LogP contribution in [0.4, 0.5) is 5.13 Å². The lowest BCUT2D eigenvalue weighted by Gasteiger charge is -2.27. The van der Waals surface area contributed by atoms with Crippen LogP contribution < -0.4 is 9.64 Å². The number of ether oxygens (including phenoxy) is 2. The topological polar surface area (TPSA) is 54.9 Å². The molecule has 172 valence electrons. The van der Waals surface area contributed by atoms with Crippen LogP contribution in [0.25, 0.3) is 10.2 Å². The van der Waals surface area contributed by atoms with Crippen LogP contribution in [-0.4, -0.2) is 61.8 Å². The first-order valence-corrected chi connectivity index (χ1v) is 12.4. The number of rotatable bonds is 8. The van der Waals surface area contributed by atoms with Crippen LogP contribution in [0.15, 0.2) is 42.5 Å². The number of hydrogen-bond donors (Lipinski definition) is 0. The maximum Gasteiger partial charge on any atom is 0.261 e. The zero-order valence-corrected chi connectivity index (χ0v) is 21.7. The van der Waals surface area contributed by atoms with Gasteiger partial charge < -0.3 is 9.47 Å². The number of anilines is 1. The molecular weight excluding hydrogens is 561 g/mol. The van der Waals surface area contributed by atoms with Gasteiger partial charge in [-0.25, -0.2) is 4.98 Å². The number of benzene rings is 2. The summed E-state index contributed by atoms with van der Waals surface area (Å²) < 4.78 is 13.0. The summed E-state index contributed by atoms with van der Waals surface area (Å²) in [6, 6.07) is 13.6. The van der Waals surface area contributed by atoms with Crippen molar-refractivity contribution < 1.29 is 14.3 Å². The third-order valence-corrected chi connectivity index (χ3v) is 7.18. The van der Waals surface area contributed by atoms with E-state index >= 15 is 0 Å². The summed E-state index contributed by atoms with van der Waals surface area (Å²) >= 11 is 3.76. The Kier molecular flexibility index (Phi) is 9.54. The molecule has 9 heteroatoms. The molecule has 0 N–H and O–H groups in total. The second-order valence-corrected chi connectivity index (χ2v) is 9.47. The van der Waals surface area contributed by atoms with Crippen LogP contribution in [0.5, 0.6) is 5.75 Å². The van der Waals surface area contributed by atoms with Gasteiger partial charge >= 0.3 is 0 Å². The molecule has 0 atom stereocenters. The number of morpholine rings is 1. The van der Waals surface area contributed by atoms with Gasteiger partial charge in [0, 0.05) is 29.7 Å². The monoisotopic (exact) mass is 587 g/mol. The van der Waals surface area contributed by atoms with Gasteiger partial charge in [-0.3, -0.25) is 14.6 Å². The van der Waals surface area contributed by atoms with Crippen LogP contribution in [0, 0.1) is 3.57 Å². The molecule has 0 spiro atoms. The van der Waals surface area contributed by atoms with Crippen molar-refractivity contribution in [3.63, 3.8) is 0 Å². The summed E-state index contributed by atoms with van der Waals surface area (Å²) in [5.74, 6) is 0.823. The van der Waals surface area contributed by atoms with E-state index in [1.807, 2.05) is 54.3 Å². The number of nitrogens with zero attached hydrogens (tertiary/aromatic N) is 3. The molecule has 1 aliphatic heterocycles. The van der Waals surface area contributed by atoms with Crippen molar-refractivity contribution in [1.82, 2.24) is 9.88 Å². The number of fused-ring (bicyclic) bond motifs is 1. The Labute approximate surface area is 212 Å². The lowest BCUT2D eigenvalue weighted by molar-refractivity contribution is 0.0376. The van der Waals surface area contributed by atoms with E-state index in [0.717, 1.165) is 63.9 Å². The van der Waals surface area contributed by atoms with Gasteiger partial charge in [0.1, 0.15) is 5.75 Å². The smallest absolute Gasteiger partial charge is 0.261 e.